The zero-order valence-electron chi connectivity index (χ0n) is 26.6. The van der Waals surface area contributed by atoms with Gasteiger partial charge >= 0.3 is 0 Å². The van der Waals surface area contributed by atoms with Crippen LogP contribution in [0.4, 0.5) is 17.1 Å². The fraction of sp³-hybridized carbons (Fsp3) is 0. The minimum Gasteiger partial charge on any atom is -0.455 e. The predicted octanol–water partition coefficient (Wildman–Crippen LogP) is 13.0. The Bertz CT molecular complexity index is 2810. The molecule has 0 radical (unpaired) electrons. The van der Waals surface area contributed by atoms with Crippen LogP contribution in [0.15, 0.2) is 186 Å². The Morgan fingerprint density at radius 1 is 0.429 bits per heavy atom. The highest BCUT2D eigenvalue weighted by Gasteiger charge is 2.19. The average molecular weight is 627 g/mol. The lowest BCUT2D eigenvalue weighted by Gasteiger charge is -2.26. The number of hydrogen-bond acceptors (Lipinski definition) is 2. The topological polar surface area (TPSA) is 21.3 Å². The summed E-state index contributed by atoms with van der Waals surface area (Å²) < 4.78 is 8.92. The predicted molar refractivity (Wildman–Crippen MR) is 206 cm³/mol. The Labute approximate surface area is 283 Å². The van der Waals surface area contributed by atoms with E-state index in [0.717, 1.165) is 50.4 Å². The molecule has 0 aliphatic carbocycles. The number of furan rings is 1. The van der Waals surface area contributed by atoms with Crippen LogP contribution in [0.5, 0.6) is 0 Å². The van der Waals surface area contributed by atoms with E-state index in [4.69, 9.17) is 4.42 Å². The maximum absolute atomic E-state index is 6.56. The molecule has 3 nitrogen and oxygen atoms in total. The van der Waals surface area contributed by atoms with E-state index in [0.29, 0.717) is 0 Å². The number of hydrogen-bond donors (Lipinski definition) is 0. The second-order valence-electron chi connectivity index (χ2n) is 12.6. The van der Waals surface area contributed by atoms with Crippen molar-refractivity contribution in [1.29, 1.82) is 0 Å². The third-order valence-corrected chi connectivity index (χ3v) is 9.75. The van der Waals surface area contributed by atoms with Crippen LogP contribution in [-0.2, 0) is 0 Å². The van der Waals surface area contributed by atoms with Gasteiger partial charge in [0.1, 0.15) is 11.2 Å². The number of nitrogens with zero attached hydrogens (tertiary/aromatic N) is 2. The fourth-order valence-electron chi connectivity index (χ4n) is 7.56. The molecule has 0 aliphatic heterocycles. The Balaban J connectivity index is 1.14. The molecule has 49 heavy (non-hydrogen) atoms. The van der Waals surface area contributed by atoms with E-state index in [2.05, 4.69) is 185 Å². The smallest absolute Gasteiger partial charge is 0.143 e. The molecule has 2 aromatic heterocycles. The standard InChI is InChI=1S/C46H30N2O/c1-3-14-33(15-4-1)47(36-27-28-43-41(30-36)38-19-9-11-21-42(38)48(43)34-16-5-2-6-17-34)35-25-23-31(24-26-35)40-29-32-13-7-8-18-37(32)45-39-20-10-12-22-44(39)49-46(40)45/h1-30H. The number of benzene rings is 8. The Kier molecular flexibility index (Phi) is 6.18. The van der Waals surface area contributed by atoms with Crippen molar-refractivity contribution in [2.24, 2.45) is 0 Å². The van der Waals surface area contributed by atoms with Crippen molar-refractivity contribution in [2.75, 3.05) is 4.90 Å². The molecule has 8 aromatic carbocycles. The molecule has 0 aliphatic rings. The molecular formula is C46H30N2O. The molecule has 0 unspecified atom stereocenters. The van der Waals surface area contributed by atoms with Crippen molar-refractivity contribution < 1.29 is 4.42 Å². The van der Waals surface area contributed by atoms with Crippen molar-refractivity contribution in [3.8, 4) is 16.8 Å². The van der Waals surface area contributed by atoms with Crippen LogP contribution in [-0.4, -0.2) is 4.57 Å². The lowest BCUT2D eigenvalue weighted by Crippen LogP contribution is -2.09. The first-order valence-corrected chi connectivity index (χ1v) is 16.7. The minimum absolute atomic E-state index is 0.908. The number of para-hydroxylation sites is 4. The van der Waals surface area contributed by atoms with Crippen molar-refractivity contribution >= 4 is 71.6 Å². The molecule has 230 valence electrons. The minimum atomic E-state index is 0.908. The van der Waals surface area contributed by atoms with Gasteiger partial charge in [0.2, 0.25) is 0 Å². The average Bonchev–Trinajstić information content (AvgIpc) is 3.72. The molecule has 3 heteroatoms. The summed E-state index contributed by atoms with van der Waals surface area (Å²) in [6.45, 7) is 0. The number of fused-ring (bicyclic) bond motifs is 8. The van der Waals surface area contributed by atoms with E-state index in [-0.39, 0.29) is 0 Å². The van der Waals surface area contributed by atoms with Gasteiger partial charge in [-0.3, -0.25) is 0 Å². The van der Waals surface area contributed by atoms with E-state index in [1.165, 1.54) is 38.0 Å². The molecule has 0 fully saturated rings. The maximum Gasteiger partial charge on any atom is 0.143 e. The molecule has 0 amide bonds. The number of anilines is 3. The molecule has 0 atom stereocenters. The highest BCUT2D eigenvalue weighted by Crippen LogP contribution is 2.43. The Hall–Kier alpha value is -6.58. The van der Waals surface area contributed by atoms with Gasteiger partial charge in [0.05, 0.1) is 11.0 Å². The fourth-order valence-corrected chi connectivity index (χ4v) is 7.56. The maximum atomic E-state index is 6.56. The van der Waals surface area contributed by atoms with Crippen molar-refractivity contribution in [3.05, 3.63) is 182 Å². The summed E-state index contributed by atoms with van der Waals surface area (Å²) in [6.07, 6.45) is 0. The molecule has 10 rings (SSSR count). The first-order chi connectivity index (χ1) is 24.3. The zero-order chi connectivity index (χ0) is 32.3. The lowest BCUT2D eigenvalue weighted by atomic mass is 9.96. The van der Waals surface area contributed by atoms with Gasteiger partial charge in [-0.25, -0.2) is 0 Å². The van der Waals surface area contributed by atoms with Gasteiger partial charge in [0.15, 0.2) is 0 Å². The second-order valence-corrected chi connectivity index (χ2v) is 12.6. The molecule has 10 aromatic rings. The molecule has 0 bridgehead atoms. The SMILES string of the molecule is c1ccc(N(c2ccc(-c3cc4ccccc4c4c3oc3ccccc34)cc2)c2ccc3c(c2)c2ccccc2n3-c2ccccc2)cc1. The van der Waals surface area contributed by atoms with Crippen LogP contribution in [0.1, 0.15) is 0 Å². The van der Waals surface area contributed by atoms with Crippen molar-refractivity contribution in [2.45, 2.75) is 0 Å². The van der Waals surface area contributed by atoms with Crippen molar-refractivity contribution in [1.82, 2.24) is 4.57 Å². The van der Waals surface area contributed by atoms with Gasteiger partial charge in [-0.2, -0.15) is 0 Å². The summed E-state index contributed by atoms with van der Waals surface area (Å²) in [5, 5.41) is 7.18. The summed E-state index contributed by atoms with van der Waals surface area (Å²) in [5.74, 6) is 0. The van der Waals surface area contributed by atoms with Crippen molar-refractivity contribution in [3.63, 3.8) is 0 Å². The number of rotatable bonds is 5. The van der Waals surface area contributed by atoms with Crippen LogP contribution in [0.2, 0.25) is 0 Å². The van der Waals surface area contributed by atoms with Crippen LogP contribution in [0, 0.1) is 0 Å². The largest absolute Gasteiger partial charge is 0.455 e. The molecule has 0 N–H and O–H groups in total. The lowest BCUT2D eigenvalue weighted by molar-refractivity contribution is 0.670. The third kappa shape index (κ3) is 4.37. The first-order valence-electron chi connectivity index (χ1n) is 16.7. The Morgan fingerprint density at radius 2 is 1.04 bits per heavy atom. The molecule has 0 saturated carbocycles. The molecule has 0 spiro atoms. The highest BCUT2D eigenvalue weighted by molar-refractivity contribution is 6.22. The normalized spacial score (nSPS) is 11.7. The van der Waals surface area contributed by atoms with Gasteiger partial charge < -0.3 is 13.9 Å². The second kappa shape index (κ2) is 11.0. The zero-order valence-corrected chi connectivity index (χ0v) is 26.6. The molecule has 0 saturated heterocycles. The van der Waals surface area contributed by atoms with Gasteiger partial charge in [0, 0.05) is 49.9 Å². The van der Waals surface area contributed by atoms with Crippen LogP contribution in [0.3, 0.4) is 0 Å². The van der Waals surface area contributed by atoms with E-state index in [1.54, 1.807) is 0 Å². The van der Waals surface area contributed by atoms with E-state index in [1.807, 2.05) is 6.07 Å². The van der Waals surface area contributed by atoms with Gasteiger partial charge in [0.25, 0.3) is 0 Å². The third-order valence-electron chi connectivity index (χ3n) is 9.75. The quantitative estimate of drug-likeness (QED) is 0.190. The summed E-state index contributed by atoms with van der Waals surface area (Å²) in [4.78, 5) is 2.34. The summed E-state index contributed by atoms with van der Waals surface area (Å²) in [5.41, 5.74) is 10.9. The number of aromatic nitrogens is 1. The highest BCUT2D eigenvalue weighted by atomic mass is 16.3. The summed E-state index contributed by atoms with van der Waals surface area (Å²) in [7, 11) is 0. The van der Waals surface area contributed by atoms with E-state index in [9.17, 15) is 0 Å². The van der Waals surface area contributed by atoms with Crippen LogP contribution in [0.25, 0.3) is 71.3 Å². The molecule has 2 heterocycles. The summed E-state index contributed by atoms with van der Waals surface area (Å²) >= 11 is 0. The van der Waals surface area contributed by atoms with E-state index < -0.39 is 0 Å². The summed E-state index contributed by atoms with van der Waals surface area (Å²) in [6, 6.07) is 64.8. The first kappa shape index (κ1) is 27.5. The monoisotopic (exact) mass is 626 g/mol. The van der Waals surface area contributed by atoms with Gasteiger partial charge in [-0.15, -0.1) is 0 Å². The van der Waals surface area contributed by atoms with E-state index >= 15 is 0 Å². The van der Waals surface area contributed by atoms with Gasteiger partial charge in [-0.1, -0.05) is 109 Å². The molecular weight excluding hydrogens is 597 g/mol. The van der Waals surface area contributed by atoms with Crippen LogP contribution < -0.4 is 4.90 Å². The van der Waals surface area contributed by atoms with Crippen LogP contribution >= 0.6 is 0 Å². The van der Waals surface area contributed by atoms with Gasteiger partial charge in [-0.05, 0) is 89.1 Å². The Morgan fingerprint density at radius 3 is 1.86 bits per heavy atom.